The van der Waals surface area contributed by atoms with Gasteiger partial charge in [-0.1, -0.05) is 18.2 Å². The molecule has 19 heavy (non-hydrogen) atoms. The van der Waals surface area contributed by atoms with Crippen molar-refractivity contribution in [1.82, 2.24) is 4.90 Å². The average molecular weight is 280 g/mol. The number of benzene rings is 1. The van der Waals surface area contributed by atoms with E-state index < -0.39 is 0 Å². The Labute approximate surface area is 121 Å². The molecular weight excluding hydrogens is 258 g/mol. The van der Waals surface area contributed by atoms with Crippen molar-refractivity contribution in [2.24, 2.45) is 0 Å². The van der Waals surface area contributed by atoms with E-state index in [-0.39, 0.29) is 12.4 Å². The molecule has 3 heteroatoms. The molecule has 2 atom stereocenters. The topological polar surface area (TPSA) is 12.5 Å². The van der Waals surface area contributed by atoms with E-state index in [4.69, 9.17) is 4.74 Å². The van der Waals surface area contributed by atoms with Crippen LogP contribution in [-0.4, -0.2) is 31.1 Å². The maximum Gasteiger partial charge on any atom is 0.122 e. The molecular formula is C16H22ClNO. The summed E-state index contributed by atoms with van der Waals surface area (Å²) in [5.41, 5.74) is 2.97. The number of methoxy groups -OCH3 is 1. The molecule has 1 aromatic carbocycles. The summed E-state index contributed by atoms with van der Waals surface area (Å²) in [7, 11) is 1.78. The van der Waals surface area contributed by atoms with Gasteiger partial charge >= 0.3 is 0 Å². The SMILES string of the molecule is C=CCN1CC[C@@H]2c3cccc(OC)c3CC[C@H]21.Cl. The zero-order valence-electron chi connectivity index (χ0n) is 11.5. The first-order chi connectivity index (χ1) is 8.85. The van der Waals surface area contributed by atoms with Crippen LogP contribution >= 0.6 is 12.4 Å². The van der Waals surface area contributed by atoms with Crippen molar-refractivity contribution in [1.29, 1.82) is 0 Å². The number of fused-ring (bicyclic) bond motifs is 3. The molecule has 1 aliphatic carbocycles. The predicted octanol–water partition coefficient (Wildman–Crippen LogP) is 3.41. The van der Waals surface area contributed by atoms with Crippen LogP contribution in [-0.2, 0) is 6.42 Å². The third-order valence-electron chi connectivity index (χ3n) is 4.50. The number of hydrogen-bond donors (Lipinski definition) is 0. The van der Waals surface area contributed by atoms with Gasteiger partial charge in [0.2, 0.25) is 0 Å². The minimum atomic E-state index is 0. The first-order valence-electron chi connectivity index (χ1n) is 6.86. The maximum atomic E-state index is 5.51. The third kappa shape index (κ3) is 2.39. The van der Waals surface area contributed by atoms with Crippen LogP contribution in [0.4, 0.5) is 0 Å². The second kappa shape index (κ2) is 5.98. The smallest absolute Gasteiger partial charge is 0.122 e. The van der Waals surface area contributed by atoms with E-state index in [9.17, 15) is 0 Å². The fourth-order valence-corrected chi connectivity index (χ4v) is 3.74. The van der Waals surface area contributed by atoms with Crippen LogP contribution in [0.1, 0.15) is 29.9 Å². The van der Waals surface area contributed by atoms with Gasteiger partial charge in [-0.25, -0.2) is 0 Å². The van der Waals surface area contributed by atoms with Gasteiger partial charge in [-0.05, 0) is 43.0 Å². The Kier molecular flexibility index (Phi) is 4.54. The summed E-state index contributed by atoms with van der Waals surface area (Å²) in [5, 5.41) is 0. The molecule has 1 aliphatic heterocycles. The average Bonchev–Trinajstić information content (AvgIpc) is 2.82. The number of likely N-dealkylation sites (tertiary alicyclic amines) is 1. The summed E-state index contributed by atoms with van der Waals surface area (Å²) in [4.78, 5) is 2.58. The second-order valence-corrected chi connectivity index (χ2v) is 5.31. The zero-order chi connectivity index (χ0) is 12.5. The Hall–Kier alpha value is -0.990. The molecule has 0 saturated carbocycles. The molecule has 2 nitrogen and oxygen atoms in total. The molecule has 1 aromatic rings. The van der Waals surface area contributed by atoms with Crippen molar-refractivity contribution in [2.75, 3.05) is 20.2 Å². The minimum Gasteiger partial charge on any atom is -0.496 e. The van der Waals surface area contributed by atoms with Gasteiger partial charge in [0.15, 0.2) is 0 Å². The Bertz CT molecular complexity index is 460. The zero-order valence-corrected chi connectivity index (χ0v) is 12.3. The Morgan fingerprint density at radius 3 is 3.00 bits per heavy atom. The van der Waals surface area contributed by atoms with Crippen molar-refractivity contribution in [3.63, 3.8) is 0 Å². The molecule has 104 valence electrons. The van der Waals surface area contributed by atoms with Gasteiger partial charge in [-0.2, -0.15) is 0 Å². The Balaban J connectivity index is 0.00000133. The van der Waals surface area contributed by atoms with E-state index in [1.54, 1.807) is 7.11 Å². The first kappa shape index (κ1) is 14.4. The lowest BCUT2D eigenvalue weighted by atomic mass is 9.79. The van der Waals surface area contributed by atoms with Crippen LogP contribution in [0.5, 0.6) is 5.75 Å². The molecule has 1 saturated heterocycles. The molecule has 0 spiro atoms. The van der Waals surface area contributed by atoms with Crippen molar-refractivity contribution in [3.05, 3.63) is 42.0 Å². The number of halogens is 1. The van der Waals surface area contributed by atoms with Crippen LogP contribution < -0.4 is 4.74 Å². The van der Waals surface area contributed by atoms with Gasteiger partial charge in [0, 0.05) is 18.5 Å². The summed E-state index contributed by atoms with van der Waals surface area (Å²) < 4.78 is 5.51. The van der Waals surface area contributed by atoms with Crippen LogP contribution in [0, 0.1) is 0 Å². The lowest BCUT2D eigenvalue weighted by Crippen LogP contribution is -2.35. The molecule has 1 heterocycles. The highest BCUT2D eigenvalue weighted by Crippen LogP contribution is 2.43. The van der Waals surface area contributed by atoms with Gasteiger partial charge in [0.1, 0.15) is 5.75 Å². The van der Waals surface area contributed by atoms with Gasteiger partial charge in [-0.15, -0.1) is 19.0 Å². The number of ether oxygens (including phenoxy) is 1. The standard InChI is InChI=1S/C16H21NO.ClH/c1-3-10-17-11-9-13-12-5-4-6-16(18-2)14(12)7-8-15(13)17;/h3-6,13,15H,1,7-11H2,2H3;1H/t13-,15-;/m1./s1. The Morgan fingerprint density at radius 2 is 2.26 bits per heavy atom. The fraction of sp³-hybridized carbons (Fsp3) is 0.500. The molecule has 0 radical (unpaired) electrons. The van der Waals surface area contributed by atoms with E-state index in [0.29, 0.717) is 12.0 Å². The summed E-state index contributed by atoms with van der Waals surface area (Å²) in [6.07, 6.45) is 5.71. The molecule has 0 aromatic heterocycles. The highest BCUT2D eigenvalue weighted by atomic mass is 35.5. The van der Waals surface area contributed by atoms with Crippen molar-refractivity contribution in [2.45, 2.75) is 31.2 Å². The van der Waals surface area contributed by atoms with Gasteiger partial charge in [-0.3, -0.25) is 4.90 Å². The summed E-state index contributed by atoms with van der Waals surface area (Å²) in [5.74, 6) is 1.77. The van der Waals surface area contributed by atoms with Crippen molar-refractivity contribution >= 4 is 12.4 Å². The van der Waals surface area contributed by atoms with E-state index in [2.05, 4.69) is 29.7 Å². The van der Waals surface area contributed by atoms with Gasteiger partial charge < -0.3 is 4.74 Å². The lowest BCUT2D eigenvalue weighted by molar-refractivity contribution is 0.248. The predicted molar refractivity (Wildman–Crippen MR) is 81.5 cm³/mol. The third-order valence-corrected chi connectivity index (χ3v) is 4.50. The van der Waals surface area contributed by atoms with E-state index in [0.717, 1.165) is 18.7 Å². The molecule has 0 N–H and O–H groups in total. The molecule has 1 fully saturated rings. The van der Waals surface area contributed by atoms with E-state index in [1.165, 1.54) is 30.5 Å². The van der Waals surface area contributed by atoms with Crippen LogP contribution in [0.2, 0.25) is 0 Å². The Morgan fingerprint density at radius 1 is 1.42 bits per heavy atom. The normalized spacial score (nSPS) is 25.1. The first-order valence-corrected chi connectivity index (χ1v) is 6.86. The summed E-state index contributed by atoms with van der Waals surface area (Å²) in [6.45, 7) is 6.11. The van der Waals surface area contributed by atoms with Crippen LogP contribution in [0.3, 0.4) is 0 Å². The van der Waals surface area contributed by atoms with Gasteiger partial charge in [0.05, 0.1) is 7.11 Å². The minimum absolute atomic E-state index is 0. The molecule has 0 amide bonds. The van der Waals surface area contributed by atoms with Gasteiger partial charge in [0.25, 0.3) is 0 Å². The monoisotopic (exact) mass is 279 g/mol. The van der Waals surface area contributed by atoms with Crippen LogP contribution in [0.15, 0.2) is 30.9 Å². The van der Waals surface area contributed by atoms with E-state index >= 15 is 0 Å². The van der Waals surface area contributed by atoms with Crippen molar-refractivity contribution in [3.8, 4) is 5.75 Å². The maximum absolute atomic E-state index is 5.51. The summed E-state index contributed by atoms with van der Waals surface area (Å²) in [6, 6.07) is 7.24. The molecule has 0 unspecified atom stereocenters. The highest BCUT2D eigenvalue weighted by molar-refractivity contribution is 5.85. The van der Waals surface area contributed by atoms with Crippen molar-refractivity contribution < 1.29 is 4.74 Å². The molecule has 0 bridgehead atoms. The lowest BCUT2D eigenvalue weighted by Gasteiger charge is -2.33. The van der Waals surface area contributed by atoms with Crippen LogP contribution in [0.25, 0.3) is 0 Å². The highest BCUT2D eigenvalue weighted by Gasteiger charge is 2.38. The molecule has 2 aliphatic rings. The van der Waals surface area contributed by atoms with E-state index in [1.807, 2.05) is 6.08 Å². The number of rotatable bonds is 3. The molecule has 3 rings (SSSR count). The largest absolute Gasteiger partial charge is 0.496 e. The summed E-state index contributed by atoms with van der Waals surface area (Å²) >= 11 is 0. The number of hydrogen-bond acceptors (Lipinski definition) is 2. The second-order valence-electron chi connectivity index (χ2n) is 5.31. The quantitative estimate of drug-likeness (QED) is 0.786. The fourth-order valence-electron chi connectivity index (χ4n) is 3.74. The number of nitrogens with zero attached hydrogens (tertiary/aromatic N) is 1.